The largest absolute Gasteiger partial charge is 0.383 e. The number of nitrogens with one attached hydrogen (secondary N) is 2. The Morgan fingerprint density at radius 2 is 1.95 bits per heavy atom. The minimum absolute atomic E-state index is 0.581. The van der Waals surface area contributed by atoms with E-state index in [1.165, 1.54) is 0 Å². The van der Waals surface area contributed by atoms with Crippen molar-refractivity contribution in [2.24, 2.45) is 0 Å². The molecular formula is C15H19N5. The predicted octanol–water partition coefficient (Wildman–Crippen LogP) is 1.80. The fraction of sp³-hybridized carbons (Fsp3) is 0.333. The first-order valence-electron chi connectivity index (χ1n) is 6.92. The van der Waals surface area contributed by atoms with Crippen LogP contribution in [-0.2, 0) is 12.8 Å². The van der Waals surface area contributed by atoms with Gasteiger partial charge in [-0.1, -0.05) is 18.2 Å². The number of anilines is 3. The number of nitrogen functional groups attached to an aromatic ring is 1. The summed E-state index contributed by atoms with van der Waals surface area (Å²) in [5.74, 6) is 1.17. The second-order valence-corrected chi connectivity index (χ2v) is 5.05. The SMILES string of the molecule is Cc1ccccc1Nc1nc(N)c2c(n1)CCNCC2. The molecule has 1 aliphatic rings. The molecule has 2 aromatic rings. The van der Waals surface area contributed by atoms with Gasteiger partial charge < -0.3 is 16.4 Å². The van der Waals surface area contributed by atoms with E-state index in [-0.39, 0.29) is 0 Å². The van der Waals surface area contributed by atoms with Crippen LogP contribution in [0.1, 0.15) is 16.8 Å². The second kappa shape index (κ2) is 5.46. The highest BCUT2D eigenvalue weighted by Crippen LogP contribution is 2.22. The Labute approximate surface area is 118 Å². The van der Waals surface area contributed by atoms with E-state index in [2.05, 4.69) is 33.6 Å². The standard InChI is InChI=1S/C15H19N5/c1-10-4-2-3-5-12(10)18-15-19-13-7-9-17-8-6-11(13)14(16)20-15/h2-5,17H,6-9H2,1H3,(H3,16,18,19,20). The molecular weight excluding hydrogens is 250 g/mol. The van der Waals surface area contributed by atoms with Crippen LogP contribution in [-0.4, -0.2) is 23.1 Å². The first kappa shape index (κ1) is 12.9. The van der Waals surface area contributed by atoms with Crippen molar-refractivity contribution in [2.75, 3.05) is 24.1 Å². The summed E-state index contributed by atoms with van der Waals surface area (Å²) in [5, 5.41) is 6.62. The molecule has 2 heterocycles. The maximum absolute atomic E-state index is 6.08. The normalized spacial score (nSPS) is 14.4. The highest BCUT2D eigenvalue weighted by Gasteiger charge is 2.15. The van der Waals surface area contributed by atoms with E-state index in [1.54, 1.807) is 0 Å². The van der Waals surface area contributed by atoms with Gasteiger partial charge in [0.25, 0.3) is 0 Å². The number of rotatable bonds is 2. The number of hydrogen-bond acceptors (Lipinski definition) is 5. The summed E-state index contributed by atoms with van der Waals surface area (Å²) in [4.78, 5) is 9.02. The lowest BCUT2D eigenvalue weighted by molar-refractivity contribution is 0.708. The van der Waals surface area contributed by atoms with Crippen LogP contribution in [0.5, 0.6) is 0 Å². The van der Waals surface area contributed by atoms with E-state index in [0.717, 1.165) is 48.4 Å². The van der Waals surface area contributed by atoms with Gasteiger partial charge >= 0.3 is 0 Å². The van der Waals surface area contributed by atoms with Gasteiger partial charge in [-0.25, -0.2) is 4.98 Å². The Hall–Kier alpha value is -2.14. The fourth-order valence-electron chi connectivity index (χ4n) is 2.46. The molecule has 0 aliphatic carbocycles. The van der Waals surface area contributed by atoms with Crippen LogP contribution in [0.3, 0.4) is 0 Å². The first-order valence-corrected chi connectivity index (χ1v) is 6.92. The molecule has 0 atom stereocenters. The Bertz CT molecular complexity index is 624. The third-order valence-electron chi connectivity index (χ3n) is 3.61. The zero-order chi connectivity index (χ0) is 13.9. The molecule has 5 nitrogen and oxygen atoms in total. The number of para-hydroxylation sites is 1. The first-order chi connectivity index (χ1) is 9.74. The van der Waals surface area contributed by atoms with Crippen molar-refractivity contribution in [1.29, 1.82) is 0 Å². The van der Waals surface area contributed by atoms with Gasteiger partial charge in [-0.15, -0.1) is 0 Å². The molecule has 0 saturated heterocycles. The fourth-order valence-corrected chi connectivity index (χ4v) is 2.46. The quantitative estimate of drug-likeness (QED) is 0.775. The van der Waals surface area contributed by atoms with Crippen molar-refractivity contribution in [3.8, 4) is 0 Å². The van der Waals surface area contributed by atoms with E-state index in [4.69, 9.17) is 5.73 Å². The van der Waals surface area contributed by atoms with Crippen LogP contribution in [0.25, 0.3) is 0 Å². The van der Waals surface area contributed by atoms with Crippen molar-refractivity contribution < 1.29 is 0 Å². The van der Waals surface area contributed by atoms with Gasteiger partial charge in [0.15, 0.2) is 0 Å². The van der Waals surface area contributed by atoms with Crippen LogP contribution in [0, 0.1) is 6.92 Å². The summed E-state index contributed by atoms with van der Waals surface area (Å²) >= 11 is 0. The molecule has 0 spiro atoms. The number of aryl methyl sites for hydroxylation is 1. The van der Waals surface area contributed by atoms with Crippen LogP contribution in [0.4, 0.5) is 17.5 Å². The Morgan fingerprint density at radius 3 is 2.80 bits per heavy atom. The Morgan fingerprint density at radius 1 is 1.15 bits per heavy atom. The highest BCUT2D eigenvalue weighted by atomic mass is 15.1. The lowest BCUT2D eigenvalue weighted by atomic mass is 10.1. The van der Waals surface area contributed by atoms with Crippen molar-refractivity contribution >= 4 is 17.5 Å². The molecule has 0 saturated carbocycles. The maximum Gasteiger partial charge on any atom is 0.229 e. The van der Waals surface area contributed by atoms with E-state index in [1.807, 2.05) is 18.2 Å². The highest BCUT2D eigenvalue weighted by molar-refractivity contribution is 5.60. The minimum atomic E-state index is 0.581. The molecule has 0 unspecified atom stereocenters. The number of nitrogens with zero attached hydrogens (tertiary/aromatic N) is 2. The number of benzene rings is 1. The number of nitrogens with two attached hydrogens (primary N) is 1. The lowest BCUT2D eigenvalue weighted by Crippen LogP contribution is -2.16. The Kier molecular flexibility index (Phi) is 3.52. The summed E-state index contributed by atoms with van der Waals surface area (Å²) < 4.78 is 0. The smallest absolute Gasteiger partial charge is 0.229 e. The van der Waals surface area contributed by atoms with Crippen molar-refractivity contribution in [2.45, 2.75) is 19.8 Å². The molecule has 20 heavy (non-hydrogen) atoms. The van der Waals surface area contributed by atoms with Gasteiger partial charge in [-0.05, 0) is 31.5 Å². The molecule has 4 N–H and O–H groups in total. The summed E-state index contributed by atoms with van der Waals surface area (Å²) in [6, 6.07) is 8.08. The monoisotopic (exact) mass is 269 g/mol. The number of aromatic nitrogens is 2. The van der Waals surface area contributed by atoms with E-state index < -0.39 is 0 Å². The minimum Gasteiger partial charge on any atom is -0.383 e. The van der Waals surface area contributed by atoms with Crippen LogP contribution in [0.15, 0.2) is 24.3 Å². The van der Waals surface area contributed by atoms with E-state index >= 15 is 0 Å². The molecule has 5 heteroatoms. The maximum atomic E-state index is 6.08. The van der Waals surface area contributed by atoms with E-state index in [0.29, 0.717) is 11.8 Å². The molecule has 0 bridgehead atoms. The third-order valence-corrected chi connectivity index (χ3v) is 3.61. The summed E-state index contributed by atoms with van der Waals surface area (Å²) in [7, 11) is 0. The lowest BCUT2D eigenvalue weighted by Gasteiger charge is -2.12. The van der Waals surface area contributed by atoms with Crippen molar-refractivity contribution in [3.05, 3.63) is 41.1 Å². The third kappa shape index (κ3) is 2.58. The average molecular weight is 269 g/mol. The topological polar surface area (TPSA) is 75.9 Å². The van der Waals surface area contributed by atoms with Crippen molar-refractivity contribution in [1.82, 2.24) is 15.3 Å². The van der Waals surface area contributed by atoms with Gasteiger partial charge in [0.2, 0.25) is 5.95 Å². The summed E-state index contributed by atoms with van der Waals surface area (Å²) in [6.07, 6.45) is 1.79. The molecule has 1 aromatic heterocycles. The van der Waals surface area contributed by atoms with Crippen LogP contribution < -0.4 is 16.4 Å². The second-order valence-electron chi connectivity index (χ2n) is 5.05. The molecule has 1 aliphatic heterocycles. The molecule has 0 amide bonds. The van der Waals surface area contributed by atoms with Gasteiger partial charge in [-0.3, -0.25) is 0 Å². The zero-order valence-electron chi connectivity index (χ0n) is 11.6. The van der Waals surface area contributed by atoms with Crippen LogP contribution >= 0.6 is 0 Å². The molecule has 3 rings (SSSR count). The summed E-state index contributed by atoms with van der Waals surface area (Å²) in [5.41, 5.74) is 10.4. The predicted molar refractivity (Wildman–Crippen MR) is 81.2 cm³/mol. The number of fused-ring (bicyclic) bond motifs is 1. The van der Waals surface area contributed by atoms with Gasteiger partial charge in [0.05, 0.1) is 5.69 Å². The number of hydrogen-bond donors (Lipinski definition) is 3. The Balaban J connectivity index is 1.93. The van der Waals surface area contributed by atoms with E-state index in [9.17, 15) is 0 Å². The molecule has 0 fully saturated rings. The van der Waals surface area contributed by atoms with Crippen LogP contribution in [0.2, 0.25) is 0 Å². The van der Waals surface area contributed by atoms with Crippen molar-refractivity contribution in [3.63, 3.8) is 0 Å². The van der Waals surface area contributed by atoms with Gasteiger partial charge in [0.1, 0.15) is 5.82 Å². The molecule has 104 valence electrons. The average Bonchev–Trinajstić information content (AvgIpc) is 2.67. The summed E-state index contributed by atoms with van der Waals surface area (Å²) in [6.45, 7) is 3.93. The molecule has 0 radical (unpaired) electrons. The molecule has 1 aromatic carbocycles. The van der Waals surface area contributed by atoms with Gasteiger partial charge in [-0.2, -0.15) is 4.98 Å². The van der Waals surface area contributed by atoms with Gasteiger partial charge in [0, 0.05) is 24.2 Å². The zero-order valence-corrected chi connectivity index (χ0v) is 11.6.